The maximum Gasteiger partial charge on any atom is 0.233 e. The van der Waals surface area contributed by atoms with E-state index in [0.717, 1.165) is 0 Å². The molecule has 26 heavy (non-hydrogen) atoms. The van der Waals surface area contributed by atoms with Gasteiger partial charge >= 0.3 is 0 Å². The molecule has 0 aliphatic heterocycles. The van der Waals surface area contributed by atoms with Crippen molar-refractivity contribution in [2.75, 3.05) is 32.6 Å². The number of para-hydroxylation sites is 2. The molecule has 0 radical (unpaired) electrons. The van der Waals surface area contributed by atoms with Gasteiger partial charge in [0, 0.05) is 11.4 Å². The second-order valence-electron chi connectivity index (χ2n) is 5.95. The monoisotopic (exact) mass is 375 g/mol. The van der Waals surface area contributed by atoms with Crippen LogP contribution in [0.4, 0.5) is 5.69 Å². The summed E-state index contributed by atoms with van der Waals surface area (Å²) < 4.78 is 5.47. The first-order chi connectivity index (χ1) is 12.5. The predicted octanol–water partition coefficient (Wildman–Crippen LogP) is 2.89. The lowest BCUT2D eigenvalue weighted by Crippen LogP contribution is -2.35. The molecule has 0 spiro atoms. The lowest BCUT2D eigenvalue weighted by molar-refractivity contribution is -0.126. The van der Waals surface area contributed by atoms with Crippen molar-refractivity contribution in [2.24, 2.45) is 0 Å². The highest BCUT2D eigenvalue weighted by atomic mass is 32.1. The highest BCUT2D eigenvalue weighted by Gasteiger charge is 2.17. The molecular formula is C19H25N3O3S. The quantitative estimate of drug-likeness (QED) is 0.661. The molecule has 1 heterocycles. The molecule has 1 unspecified atom stereocenters. The number of nitrogens with zero attached hydrogens (tertiary/aromatic N) is 1. The Morgan fingerprint density at radius 1 is 1.15 bits per heavy atom. The number of nitrogens with one attached hydrogen (secondary N) is 2. The minimum atomic E-state index is -0.368. The van der Waals surface area contributed by atoms with Crippen molar-refractivity contribution in [1.29, 1.82) is 0 Å². The lowest BCUT2D eigenvalue weighted by Gasteiger charge is -2.23. The molecule has 6 nitrogen and oxygen atoms in total. The summed E-state index contributed by atoms with van der Waals surface area (Å²) in [4.78, 5) is 27.5. The zero-order chi connectivity index (χ0) is 18.9. The largest absolute Gasteiger partial charge is 0.492 e. The Labute approximate surface area is 158 Å². The molecule has 0 bridgehead atoms. The number of ether oxygens (including phenoxy) is 1. The third-order valence-corrected chi connectivity index (χ3v) is 4.74. The smallest absolute Gasteiger partial charge is 0.233 e. The van der Waals surface area contributed by atoms with E-state index >= 15 is 0 Å². The molecule has 2 aromatic rings. The molecule has 1 aromatic carbocycles. The van der Waals surface area contributed by atoms with E-state index in [4.69, 9.17) is 4.74 Å². The van der Waals surface area contributed by atoms with Crippen LogP contribution in [-0.4, -0.2) is 44.0 Å². The van der Waals surface area contributed by atoms with E-state index in [1.165, 1.54) is 4.88 Å². The van der Waals surface area contributed by atoms with Gasteiger partial charge < -0.3 is 20.3 Å². The van der Waals surface area contributed by atoms with Crippen molar-refractivity contribution in [3.8, 4) is 5.75 Å². The number of amides is 2. The molecule has 1 atom stereocenters. The molecule has 2 rings (SSSR count). The van der Waals surface area contributed by atoms with E-state index < -0.39 is 0 Å². The summed E-state index contributed by atoms with van der Waals surface area (Å²) in [6.45, 7) is 2.83. The van der Waals surface area contributed by atoms with Gasteiger partial charge in [0.1, 0.15) is 12.2 Å². The minimum absolute atomic E-state index is 0.0840. The molecule has 0 saturated heterocycles. The average molecular weight is 375 g/mol. The van der Waals surface area contributed by atoms with Crippen LogP contribution in [0.2, 0.25) is 0 Å². The molecule has 1 aromatic heterocycles. The van der Waals surface area contributed by atoms with Crippen LogP contribution in [0.5, 0.6) is 5.75 Å². The number of rotatable bonds is 9. The van der Waals surface area contributed by atoms with Gasteiger partial charge in [-0.15, -0.1) is 11.3 Å². The van der Waals surface area contributed by atoms with Gasteiger partial charge in [0.25, 0.3) is 0 Å². The van der Waals surface area contributed by atoms with Crippen LogP contribution >= 0.6 is 11.3 Å². The number of likely N-dealkylation sites (N-methyl/N-ethyl adjacent to an activating group) is 1. The molecule has 0 aliphatic rings. The third kappa shape index (κ3) is 5.86. The second-order valence-corrected chi connectivity index (χ2v) is 6.93. The van der Waals surface area contributed by atoms with Crippen LogP contribution in [0.25, 0.3) is 0 Å². The summed E-state index contributed by atoms with van der Waals surface area (Å²) in [7, 11) is 3.93. The maximum absolute atomic E-state index is 12.2. The average Bonchev–Trinajstić information content (AvgIpc) is 3.11. The van der Waals surface area contributed by atoms with Gasteiger partial charge in [-0.3, -0.25) is 9.59 Å². The summed E-state index contributed by atoms with van der Waals surface area (Å²) in [6, 6.07) is 11.3. The predicted molar refractivity (Wildman–Crippen MR) is 105 cm³/mol. The van der Waals surface area contributed by atoms with Crippen LogP contribution in [0.15, 0.2) is 41.8 Å². The van der Waals surface area contributed by atoms with Gasteiger partial charge in [-0.2, -0.15) is 0 Å². The third-order valence-electron chi connectivity index (χ3n) is 3.77. The molecule has 7 heteroatoms. The number of carbonyl (C=O) groups is 2. The second kappa shape index (κ2) is 9.94. The van der Waals surface area contributed by atoms with Gasteiger partial charge in [0.05, 0.1) is 18.3 Å². The van der Waals surface area contributed by atoms with Crippen LogP contribution in [0, 0.1) is 0 Å². The van der Waals surface area contributed by atoms with E-state index in [2.05, 4.69) is 10.6 Å². The normalized spacial score (nSPS) is 11.8. The Bertz CT molecular complexity index is 717. The molecule has 0 fully saturated rings. The van der Waals surface area contributed by atoms with Gasteiger partial charge in [-0.05, 0) is 44.6 Å². The first kappa shape index (κ1) is 19.9. The molecule has 140 valence electrons. The molecule has 2 N–H and O–H groups in total. The maximum atomic E-state index is 12.2. The van der Waals surface area contributed by atoms with Crippen molar-refractivity contribution in [3.05, 3.63) is 46.7 Å². The van der Waals surface area contributed by atoms with Crippen LogP contribution < -0.4 is 15.4 Å². The fourth-order valence-corrected chi connectivity index (χ4v) is 3.41. The van der Waals surface area contributed by atoms with Gasteiger partial charge in [0.2, 0.25) is 11.8 Å². The summed E-state index contributed by atoms with van der Waals surface area (Å²) in [6.07, 6.45) is -0.231. The van der Waals surface area contributed by atoms with E-state index in [1.54, 1.807) is 29.5 Å². The Balaban J connectivity index is 1.86. The highest BCUT2D eigenvalue weighted by Crippen LogP contribution is 2.24. The SMILES string of the molecule is CCOc1ccccc1NC(=O)CC(=O)NCC(c1cccs1)N(C)C. The number of anilines is 1. The molecule has 0 saturated carbocycles. The molecule has 0 aliphatic carbocycles. The number of carbonyl (C=O) groups excluding carboxylic acids is 2. The Morgan fingerprint density at radius 2 is 1.92 bits per heavy atom. The Hall–Kier alpha value is -2.38. The van der Waals surface area contributed by atoms with Crippen LogP contribution in [0.3, 0.4) is 0 Å². The summed E-state index contributed by atoms with van der Waals surface area (Å²) in [5.74, 6) is -0.0823. The zero-order valence-corrected chi connectivity index (χ0v) is 16.1. The Kier molecular flexibility index (Phi) is 7.62. The van der Waals surface area contributed by atoms with E-state index in [1.807, 2.05) is 49.5 Å². The summed E-state index contributed by atoms with van der Waals surface area (Å²) >= 11 is 1.65. The number of thiophene rings is 1. The number of hydrogen-bond donors (Lipinski definition) is 2. The van der Waals surface area contributed by atoms with Crippen LogP contribution in [0.1, 0.15) is 24.3 Å². The number of benzene rings is 1. The fourth-order valence-electron chi connectivity index (χ4n) is 2.48. The van der Waals surface area contributed by atoms with Crippen molar-refractivity contribution >= 4 is 28.8 Å². The van der Waals surface area contributed by atoms with Crippen molar-refractivity contribution < 1.29 is 14.3 Å². The van der Waals surface area contributed by atoms with Gasteiger partial charge in [-0.25, -0.2) is 0 Å². The van der Waals surface area contributed by atoms with Crippen LogP contribution in [-0.2, 0) is 9.59 Å². The van der Waals surface area contributed by atoms with Gasteiger partial charge in [-0.1, -0.05) is 18.2 Å². The topological polar surface area (TPSA) is 70.7 Å². The van der Waals surface area contributed by atoms with Gasteiger partial charge in [0.15, 0.2) is 0 Å². The summed E-state index contributed by atoms with van der Waals surface area (Å²) in [5.41, 5.74) is 0.567. The fraction of sp³-hybridized carbons (Fsp3) is 0.368. The molecule has 2 amide bonds. The molecular weight excluding hydrogens is 350 g/mol. The van der Waals surface area contributed by atoms with E-state index in [0.29, 0.717) is 24.6 Å². The standard InChI is InChI=1S/C19H25N3O3S/c1-4-25-16-9-6-5-8-14(16)21-19(24)12-18(23)20-13-15(22(2)3)17-10-7-11-26-17/h5-11,15H,4,12-13H2,1-3H3,(H,20,23)(H,21,24). The first-order valence-corrected chi connectivity index (χ1v) is 9.37. The lowest BCUT2D eigenvalue weighted by atomic mass is 10.2. The number of hydrogen-bond acceptors (Lipinski definition) is 5. The van der Waals surface area contributed by atoms with Crippen molar-refractivity contribution in [1.82, 2.24) is 10.2 Å². The van der Waals surface area contributed by atoms with E-state index in [9.17, 15) is 9.59 Å². The van der Waals surface area contributed by atoms with Crippen molar-refractivity contribution in [2.45, 2.75) is 19.4 Å². The Morgan fingerprint density at radius 3 is 2.58 bits per heavy atom. The summed E-state index contributed by atoms with van der Waals surface area (Å²) in [5, 5.41) is 7.58. The zero-order valence-electron chi connectivity index (χ0n) is 15.3. The minimum Gasteiger partial charge on any atom is -0.492 e. The van der Waals surface area contributed by atoms with E-state index in [-0.39, 0.29) is 24.3 Å². The van der Waals surface area contributed by atoms with Crippen molar-refractivity contribution in [3.63, 3.8) is 0 Å². The first-order valence-electron chi connectivity index (χ1n) is 8.49. The highest BCUT2D eigenvalue weighted by molar-refractivity contribution is 7.10.